The molecule has 1 fully saturated rings. The van der Waals surface area contributed by atoms with Crippen LogP contribution >= 0.6 is 0 Å². The van der Waals surface area contributed by atoms with Crippen molar-refractivity contribution in [3.63, 3.8) is 0 Å². The van der Waals surface area contributed by atoms with E-state index >= 15 is 0 Å². The van der Waals surface area contributed by atoms with Crippen molar-refractivity contribution < 1.29 is 24.0 Å². The van der Waals surface area contributed by atoms with Gasteiger partial charge in [-0.2, -0.15) is 0 Å². The Morgan fingerprint density at radius 3 is 2.30 bits per heavy atom. The first-order chi connectivity index (χ1) is 25.4. The second-order valence-corrected chi connectivity index (χ2v) is 15.3. The molecule has 12 nitrogen and oxygen atoms in total. The highest BCUT2D eigenvalue weighted by atomic mass is 16.2. The SMILES string of the molecule is CC(C)(C)CNC(=O)C[C@H](NC(=O)N1CCC(C(=O)Nc2cccnc2)CC1)C(=O)N[C@@H](CCc1ccccc1)C(=O)N[C@@H]1CCCc2ccccc21. The summed E-state index contributed by atoms with van der Waals surface area (Å²) in [6.07, 6.45) is 7.31. The second kappa shape index (κ2) is 18.5. The van der Waals surface area contributed by atoms with Gasteiger partial charge in [-0.1, -0.05) is 75.4 Å². The summed E-state index contributed by atoms with van der Waals surface area (Å²) in [6, 6.07) is 18.5. The minimum absolute atomic E-state index is 0.137. The van der Waals surface area contributed by atoms with Crippen molar-refractivity contribution in [2.75, 3.05) is 25.0 Å². The lowest BCUT2D eigenvalue weighted by atomic mass is 9.87. The third-order valence-electron chi connectivity index (χ3n) is 9.79. The number of aromatic nitrogens is 1. The molecule has 1 aliphatic heterocycles. The van der Waals surface area contributed by atoms with Gasteiger partial charge in [0.25, 0.3) is 0 Å². The van der Waals surface area contributed by atoms with Crippen LogP contribution in [-0.4, -0.2) is 71.3 Å². The third kappa shape index (κ3) is 11.9. The molecule has 2 aliphatic rings. The molecule has 2 aromatic carbocycles. The molecule has 0 radical (unpaired) electrons. The van der Waals surface area contributed by atoms with Crippen LogP contribution in [0.5, 0.6) is 0 Å². The average molecular weight is 724 g/mol. The van der Waals surface area contributed by atoms with Crippen LogP contribution in [0.4, 0.5) is 10.5 Å². The normalized spacial score (nSPS) is 17.0. The predicted octanol–water partition coefficient (Wildman–Crippen LogP) is 4.67. The summed E-state index contributed by atoms with van der Waals surface area (Å²) in [5, 5.41) is 14.6. The predicted molar refractivity (Wildman–Crippen MR) is 204 cm³/mol. The number of piperidine rings is 1. The van der Waals surface area contributed by atoms with E-state index in [0.29, 0.717) is 51.0 Å². The van der Waals surface area contributed by atoms with Crippen LogP contribution in [0.25, 0.3) is 0 Å². The smallest absolute Gasteiger partial charge is 0.318 e. The molecule has 6 amide bonds. The number of hydrogen-bond donors (Lipinski definition) is 5. The Bertz CT molecular complexity index is 1700. The highest BCUT2D eigenvalue weighted by Gasteiger charge is 2.33. The molecule has 1 saturated heterocycles. The van der Waals surface area contributed by atoms with Crippen molar-refractivity contribution in [3.05, 3.63) is 95.8 Å². The van der Waals surface area contributed by atoms with Crippen LogP contribution in [0.3, 0.4) is 0 Å². The van der Waals surface area contributed by atoms with Gasteiger partial charge in [0.1, 0.15) is 12.1 Å². The van der Waals surface area contributed by atoms with Crippen LogP contribution in [0.15, 0.2) is 79.1 Å². The van der Waals surface area contributed by atoms with Crippen molar-refractivity contribution in [2.45, 2.75) is 90.3 Å². The number of aryl methyl sites for hydroxylation is 2. The molecule has 0 unspecified atom stereocenters. The average Bonchev–Trinajstić information content (AvgIpc) is 3.16. The zero-order valence-corrected chi connectivity index (χ0v) is 31.0. The van der Waals surface area contributed by atoms with E-state index in [0.717, 1.165) is 30.4 Å². The van der Waals surface area contributed by atoms with Gasteiger partial charge in [0, 0.05) is 31.7 Å². The number of carbonyl (C=O) groups excluding carboxylic acids is 5. The summed E-state index contributed by atoms with van der Waals surface area (Å²) in [6.45, 7) is 6.94. The van der Waals surface area contributed by atoms with Gasteiger partial charge >= 0.3 is 6.03 Å². The van der Waals surface area contributed by atoms with E-state index < -0.39 is 29.9 Å². The van der Waals surface area contributed by atoms with Gasteiger partial charge in [0.2, 0.25) is 23.6 Å². The van der Waals surface area contributed by atoms with Crippen molar-refractivity contribution in [1.82, 2.24) is 31.2 Å². The number of benzene rings is 2. The zero-order chi connectivity index (χ0) is 37.8. The molecule has 0 saturated carbocycles. The molecular formula is C41H53N7O5. The maximum atomic E-state index is 14.1. The topological polar surface area (TPSA) is 162 Å². The Hall–Kier alpha value is -5.26. The number of likely N-dealkylation sites (tertiary alicyclic amines) is 1. The van der Waals surface area contributed by atoms with E-state index in [-0.39, 0.29) is 35.6 Å². The lowest BCUT2D eigenvalue weighted by Gasteiger charge is -2.33. The van der Waals surface area contributed by atoms with E-state index in [4.69, 9.17) is 0 Å². The highest BCUT2D eigenvalue weighted by Crippen LogP contribution is 2.29. The molecule has 1 aromatic heterocycles. The van der Waals surface area contributed by atoms with Gasteiger partial charge in [-0.25, -0.2) is 4.79 Å². The first kappa shape index (κ1) is 39.0. The van der Waals surface area contributed by atoms with E-state index in [1.165, 1.54) is 5.56 Å². The molecule has 5 N–H and O–H groups in total. The lowest BCUT2D eigenvalue weighted by Crippen LogP contribution is -2.57. The van der Waals surface area contributed by atoms with E-state index in [1.807, 2.05) is 69.3 Å². The number of fused-ring (bicyclic) bond motifs is 1. The number of hydrogen-bond acceptors (Lipinski definition) is 6. The Morgan fingerprint density at radius 2 is 1.58 bits per heavy atom. The molecule has 0 spiro atoms. The summed E-state index contributed by atoms with van der Waals surface area (Å²) >= 11 is 0. The number of anilines is 1. The minimum atomic E-state index is -1.24. The van der Waals surface area contributed by atoms with Crippen LogP contribution < -0.4 is 26.6 Å². The first-order valence-electron chi connectivity index (χ1n) is 18.7. The monoisotopic (exact) mass is 723 g/mol. The van der Waals surface area contributed by atoms with Gasteiger partial charge in [-0.15, -0.1) is 0 Å². The minimum Gasteiger partial charge on any atom is -0.355 e. The number of amides is 6. The second-order valence-electron chi connectivity index (χ2n) is 15.3. The Labute approximate surface area is 312 Å². The maximum absolute atomic E-state index is 14.1. The Balaban J connectivity index is 1.27. The molecule has 3 atom stereocenters. The number of carbonyl (C=O) groups is 5. The molecule has 2 heterocycles. The van der Waals surface area contributed by atoms with E-state index in [9.17, 15) is 24.0 Å². The van der Waals surface area contributed by atoms with Crippen molar-refractivity contribution >= 4 is 35.3 Å². The van der Waals surface area contributed by atoms with Crippen LogP contribution in [-0.2, 0) is 32.0 Å². The highest BCUT2D eigenvalue weighted by molar-refractivity contribution is 5.95. The number of pyridine rings is 1. The van der Waals surface area contributed by atoms with Crippen molar-refractivity contribution in [3.8, 4) is 0 Å². The van der Waals surface area contributed by atoms with Gasteiger partial charge in [-0.05, 0) is 79.2 Å². The van der Waals surface area contributed by atoms with Crippen molar-refractivity contribution in [2.24, 2.45) is 11.3 Å². The van der Waals surface area contributed by atoms with E-state index in [1.54, 1.807) is 29.4 Å². The number of nitrogens with zero attached hydrogens (tertiary/aromatic N) is 2. The summed E-state index contributed by atoms with van der Waals surface area (Å²) in [4.78, 5) is 73.2. The zero-order valence-electron chi connectivity index (χ0n) is 31.0. The fourth-order valence-electron chi connectivity index (χ4n) is 6.77. The summed E-state index contributed by atoms with van der Waals surface area (Å²) in [5.41, 5.74) is 3.72. The number of urea groups is 1. The lowest BCUT2D eigenvalue weighted by molar-refractivity contribution is -0.132. The fraction of sp³-hybridized carbons (Fsp3) is 0.463. The summed E-state index contributed by atoms with van der Waals surface area (Å²) < 4.78 is 0. The molecule has 3 aromatic rings. The summed E-state index contributed by atoms with van der Waals surface area (Å²) in [7, 11) is 0. The molecular weight excluding hydrogens is 670 g/mol. The first-order valence-corrected chi connectivity index (χ1v) is 18.7. The molecule has 53 heavy (non-hydrogen) atoms. The van der Waals surface area contributed by atoms with Crippen molar-refractivity contribution in [1.29, 1.82) is 0 Å². The number of rotatable bonds is 13. The quantitative estimate of drug-likeness (QED) is 0.172. The van der Waals surface area contributed by atoms with Gasteiger partial charge in [0.15, 0.2) is 0 Å². The van der Waals surface area contributed by atoms with Gasteiger partial charge in [-0.3, -0.25) is 24.2 Å². The molecule has 0 bridgehead atoms. The Morgan fingerprint density at radius 1 is 0.849 bits per heavy atom. The molecule has 5 rings (SSSR count). The standard InChI is InChI=1S/C41H53N7O5/c1-41(2,3)27-43-36(49)25-35(47-40(53)48-23-20-30(21-24-48)37(50)44-31-15-10-22-42-26-31)39(52)46-34(19-18-28-11-5-4-6-12-28)38(51)45-33-17-9-14-29-13-7-8-16-32(29)33/h4-8,10-13,15-16,22,26,30,33-35H,9,14,17-21,23-25,27H2,1-3H3,(H,43,49)(H,44,50)(H,45,51)(H,46,52)(H,47,53)/t33-,34+,35+/m1/s1. The molecule has 282 valence electrons. The van der Waals surface area contributed by atoms with Crippen LogP contribution in [0.1, 0.15) is 82.0 Å². The summed E-state index contributed by atoms with van der Waals surface area (Å²) in [5.74, 6) is -1.75. The Kier molecular flexibility index (Phi) is 13.6. The maximum Gasteiger partial charge on any atom is 0.318 e. The van der Waals surface area contributed by atoms with Crippen LogP contribution in [0.2, 0.25) is 0 Å². The number of nitrogens with one attached hydrogen (secondary N) is 5. The van der Waals surface area contributed by atoms with E-state index in [2.05, 4.69) is 37.6 Å². The molecule has 12 heteroatoms. The third-order valence-corrected chi connectivity index (χ3v) is 9.79. The van der Waals surface area contributed by atoms with Gasteiger partial charge < -0.3 is 31.5 Å². The molecule has 1 aliphatic carbocycles. The largest absolute Gasteiger partial charge is 0.355 e. The van der Waals surface area contributed by atoms with Crippen LogP contribution in [0, 0.1) is 11.3 Å². The van der Waals surface area contributed by atoms with Gasteiger partial charge in [0.05, 0.1) is 24.3 Å². The fourth-order valence-corrected chi connectivity index (χ4v) is 6.77.